The minimum Gasteiger partial charge on any atom is -0.333 e. The summed E-state index contributed by atoms with van der Waals surface area (Å²) in [7, 11) is -0.665. The van der Waals surface area contributed by atoms with Crippen molar-refractivity contribution in [2.24, 2.45) is 0 Å². The van der Waals surface area contributed by atoms with E-state index >= 15 is 0 Å². The molecular formula is C20H40OSSn. The first kappa shape index (κ1) is 31.0. The Morgan fingerprint density at radius 2 is 1.04 bits per heavy atom. The van der Waals surface area contributed by atoms with Gasteiger partial charge in [0.2, 0.25) is 0 Å². The summed E-state index contributed by atoms with van der Waals surface area (Å²) in [6.45, 7) is 14.9. The second-order valence-corrected chi connectivity index (χ2v) is 6.44. The first-order valence-corrected chi connectivity index (χ1v) is 10.1. The quantitative estimate of drug-likeness (QED) is 0.371. The Balaban J connectivity index is -0.000000118. The van der Waals surface area contributed by atoms with Gasteiger partial charge < -0.3 is 4.55 Å². The Morgan fingerprint density at radius 3 is 1.26 bits per heavy atom. The molecule has 0 aromatic heterocycles. The molecule has 3 heteroatoms. The second-order valence-electron chi connectivity index (χ2n) is 4.86. The Kier molecular flexibility index (Phi) is 40.6. The van der Waals surface area contributed by atoms with E-state index in [1.54, 1.807) is 5.37 Å². The van der Waals surface area contributed by atoms with Gasteiger partial charge in [0, 0.05) is 28.8 Å². The van der Waals surface area contributed by atoms with Crippen molar-refractivity contribution in [3.8, 4) is 0 Å². The number of hydrogen-bond donors (Lipinski definition) is 1. The minimum atomic E-state index is -0.665. The first-order valence-electron chi connectivity index (χ1n) is 8.85. The van der Waals surface area contributed by atoms with Crippen LogP contribution in [0.3, 0.4) is 0 Å². The molecule has 0 fully saturated rings. The van der Waals surface area contributed by atoms with Crippen LogP contribution in [0.2, 0.25) is 0 Å². The van der Waals surface area contributed by atoms with Crippen LogP contribution >= 0.6 is 10.8 Å². The molecule has 0 aliphatic rings. The molecule has 1 atom stereocenters. The molecular weight excluding hydrogens is 407 g/mol. The maximum absolute atomic E-state index is 9.30. The molecule has 23 heavy (non-hydrogen) atoms. The standard InChI is InChI=1S/C8H10OS.3C4H10.Sn/c1-2-10(9)8-6-4-3-5-7-8;3*1-3-4-2;/h2-7,9H,1H3;3*3-4H2,1-2H3;. The first-order chi connectivity index (χ1) is 10.6. The predicted octanol–water partition coefficient (Wildman–Crippen LogP) is 7.65. The van der Waals surface area contributed by atoms with E-state index in [4.69, 9.17) is 0 Å². The van der Waals surface area contributed by atoms with Crippen molar-refractivity contribution in [3.63, 3.8) is 0 Å². The van der Waals surface area contributed by atoms with Gasteiger partial charge in [0.25, 0.3) is 0 Å². The molecule has 0 heterocycles. The van der Waals surface area contributed by atoms with Gasteiger partial charge >= 0.3 is 0 Å². The van der Waals surface area contributed by atoms with Gasteiger partial charge in [-0.2, -0.15) is 0 Å². The van der Waals surface area contributed by atoms with Gasteiger partial charge in [-0.05, 0) is 35.2 Å². The molecule has 0 spiro atoms. The van der Waals surface area contributed by atoms with Gasteiger partial charge in [-0.15, -0.1) is 0 Å². The fourth-order valence-corrected chi connectivity index (χ4v) is 1.40. The maximum Gasteiger partial charge on any atom is 0.0267 e. The monoisotopic (exact) mass is 448 g/mol. The summed E-state index contributed by atoms with van der Waals surface area (Å²) >= 11 is 0. The molecule has 1 aromatic rings. The molecule has 1 rings (SSSR count). The molecule has 136 valence electrons. The largest absolute Gasteiger partial charge is 0.333 e. The van der Waals surface area contributed by atoms with Crippen molar-refractivity contribution < 1.29 is 4.55 Å². The van der Waals surface area contributed by atoms with Crippen molar-refractivity contribution in [3.05, 3.63) is 30.3 Å². The van der Waals surface area contributed by atoms with Crippen LogP contribution in [0, 0.1) is 0 Å². The molecule has 1 unspecified atom stereocenters. The second kappa shape index (κ2) is 30.1. The van der Waals surface area contributed by atoms with Crippen molar-refractivity contribution >= 4 is 40.0 Å². The van der Waals surface area contributed by atoms with Crippen LogP contribution in [0.1, 0.15) is 87.0 Å². The summed E-state index contributed by atoms with van der Waals surface area (Å²) in [6.07, 6.45) is 7.92. The Morgan fingerprint density at radius 1 is 0.739 bits per heavy atom. The summed E-state index contributed by atoms with van der Waals surface area (Å²) in [4.78, 5) is 0.977. The third-order valence-electron chi connectivity index (χ3n) is 2.71. The van der Waals surface area contributed by atoms with Crippen LogP contribution in [0.15, 0.2) is 35.2 Å². The summed E-state index contributed by atoms with van der Waals surface area (Å²) in [6, 6.07) is 9.63. The minimum absolute atomic E-state index is 0. The Labute approximate surface area is 166 Å². The van der Waals surface area contributed by atoms with E-state index in [-0.39, 0.29) is 23.9 Å². The van der Waals surface area contributed by atoms with Crippen LogP contribution in [-0.2, 0) is 0 Å². The van der Waals surface area contributed by atoms with E-state index in [1.165, 1.54) is 38.5 Å². The van der Waals surface area contributed by atoms with E-state index in [0.717, 1.165) is 4.90 Å². The number of hydrogen-bond acceptors (Lipinski definition) is 1. The molecule has 0 amide bonds. The average Bonchev–Trinajstić information content (AvgIpc) is 2.62. The van der Waals surface area contributed by atoms with Gasteiger partial charge in [0.1, 0.15) is 0 Å². The van der Waals surface area contributed by atoms with Crippen molar-refractivity contribution in [2.75, 3.05) is 0 Å². The van der Waals surface area contributed by atoms with Gasteiger partial charge in [-0.25, -0.2) is 0 Å². The number of rotatable bonds is 4. The van der Waals surface area contributed by atoms with E-state index in [9.17, 15) is 4.55 Å². The smallest absolute Gasteiger partial charge is 0.0267 e. The molecule has 0 saturated heterocycles. The molecule has 0 aliphatic carbocycles. The SMILES string of the molecule is C/C=S(\O)c1ccccc1.CCCC.CCCC.CCCC.[Sn]. The zero-order chi connectivity index (χ0) is 17.6. The third-order valence-corrected chi connectivity index (χ3v) is 3.91. The Bertz CT molecular complexity index is 297. The van der Waals surface area contributed by atoms with Gasteiger partial charge in [-0.3, -0.25) is 0 Å². The summed E-state index contributed by atoms with van der Waals surface area (Å²) in [5, 5.41) is 1.79. The molecule has 1 aromatic carbocycles. The third kappa shape index (κ3) is 30.6. The molecule has 1 nitrogen and oxygen atoms in total. The summed E-state index contributed by atoms with van der Waals surface area (Å²) < 4.78 is 9.30. The fourth-order valence-electron chi connectivity index (χ4n) is 0.696. The fraction of sp³-hybridized carbons (Fsp3) is 0.650. The van der Waals surface area contributed by atoms with Gasteiger partial charge in [-0.1, -0.05) is 98.3 Å². The van der Waals surface area contributed by atoms with Crippen LogP contribution < -0.4 is 0 Å². The van der Waals surface area contributed by atoms with Crippen LogP contribution in [0.4, 0.5) is 0 Å². The van der Waals surface area contributed by atoms with Crippen molar-refractivity contribution in [1.82, 2.24) is 0 Å². The predicted molar refractivity (Wildman–Crippen MR) is 114 cm³/mol. The van der Waals surface area contributed by atoms with E-state index in [0.29, 0.717) is 0 Å². The van der Waals surface area contributed by atoms with Crippen LogP contribution in [0.5, 0.6) is 0 Å². The zero-order valence-electron chi connectivity index (χ0n) is 16.6. The van der Waals surface area contributed by atoms with Gasteiger partial charge in [0.05, 0.1) is 0 Å². The molecule has 0 bridgehead atoms. The molecule has 1 N–H and O–H groups in total. The molecule has 0 aliphatic heterocycles. The van der Waals surface area contributed by atoms with Crippen LogP contribution in [0.25, 0.3) is 0 Å². The summed E-state index contributed by atoms with van der Waals surface area (Å²) in [5.41, 5.74) is 0. The van der Waals surface area contributed by atoms with E-state index < -0.39 is 10.8 Å². The van der Waals surface area contributed by atoms with Crippen molar-refractivity contribution in [1.29, 1.82) is 0 Å². The molecule has 4 radical (unpaired) electrons. The number of benzene rings is 1. The van der Waals surface area contributed by atoms with E-state index in [2.05, 4.69) is 41.5 Å². The maximum atomic E-state index is 9.30. The summed E-state index contributed by atoms with van der Waals surface area (Å²) in [5.74, 6) is 0. The van der Waals surface area contributed by atoms with Crippen LogP contribution in [-0.4, -0.2) is 33.8 Å². The van der Waals surface area contributed by atoms with Gasteiger partial charge in [0.15, 0.2) is 0 Å². The normalized spacial score (nSPS) is 9.74. The number of unbranched alkanes of at least 4 members (excludes halogenated alkanes) is 3. The molecule has 0 saturated carbocycles. The zero-order valence-corrected chi connectivity index (χ0v) is 20.2. The topological polar surface area (TPSA) is 20.2 Å². The Hall–Kier alpha value is 0.199. The van der Waals surface area contributed by atoms with Crippen molar-refractivity contribution in [2.45, 2.75) is 91.9 Å². The average molecular weight is 447 g/mol. The van der Waals surface area contributed by atoms with E-state index in [1.807, 2.05) is 37.3 Å².